The van der Waals surface area contributed by atoms with Gasteiger partial charge in [0.05, 0.1) is 23.9 Å². The second-order valence-corrected chi connectivity index (χ2v) is 11.8. The Kier molecular flexibility index (Phi) is 9.24. The van der Waals surface area contributed by atoms with Gasteiger partial charge in [-0.15, -0.1) is 0 Å². The molecular formula is C33H28ClN3O5S. The maximum atomic E-state index is 13.5. The summed E-state index contributed by atoms with van der Waals surface area (Å²) in [4.78, 5) is 12.8. The molecule has 1 N–H and O–H groups in total. The van der Waals surface area contributed by atoms with Gasteiger partial charge in [-0.05, 0) is 94.7 Å². The molecule has 0 atom stereocenters. The number of carbonyl (C=O) groups excluding carboxylic acids is 1. The Morgan fingerprint density at radius 2 is 1.58 bits per heavy atom. The molecule has 10 heteroatoms. The van der Waals surface area contributed by atoms with Crippen LogP contribution in [0.5, 0.6) is 11.5 Å². The van der Waals surface area contributed by atoms with Gasteiger partial charge in [0.1, 0.15) is 24.7 Å². The number of ether oxygens (including phenoxy) is 2. The smallest absolute Gasteiger partial charge is 0.264 e. The summed E-state index contributed by atoms with van der Waals surface area (Å²) in [5.74, 6) is 0.559. The first kappa shape index (κ1) is 29.6. The van der Waals surface area contributed by atoms with Crippen LogP contribution in [-0.4, -0.2) is 34.2 Å². The molecule has 1 amide bonds. The van der Waals surface area contributed by atoms with Gasteiger partial charge in [0.2, 0.25) is 0 Å². The summed E-state index contributed by atoms with van der Waals surface area (Å²) in [6, 6.07) is 33.8. The lowest BCUT2D eigenvalue weighted by Crippen LogP contribution is -2.39. The molecule has 218 valence electrons. The predicted molar refractivity (Wildman–Crippen MR) is 169 cm³/mol. The first-order valence-electron chi connectivity index (χ1n) is 13.3. The number of benzene rings is 5. The van der Waals surface area contributed by atoms with Gasteiger partial charge >= 0.3 is 0 Å². The zero-order valence-electron chi connectivity index (χ0n) is 23.2. The largest absolute Gasteiger partial charge is 0.497 e. The van der Waals surface area contributed by atoms with Crippen molar-refractivity contribution in [3.05, 3.63) is 131 Å². The Morgan fingerprint density at radius 3 is 2.30 bits per heavy atom. The molecule has 0 heterocycles. The van der Waals surface area contributed by atoms with Crippen LogP contribution in [0.1, 0.15) is 11.1 Å². The second kappa shape index (κ2) is 13.4. The minimum Gasteiger partial charge on any atom is -0.497 e. The molecule has 0 fully saturated rings. The number of nitrogens with zero attached hydrogens (tertiary/aromatic N) is 2. The second-order valence-electron chi connectivity index (χ2n) is 9.50. The van der Waals surface area contributed by atoms with Gasteiger partial charge in [0.25, 0.3) is 15.9 Å². The SMILES string of the molecule is COc1ccc(S(=O)(=O)N(CC(=O)N/N=C\c2ccc(OCc3ccc4ccccc4c3)cc2)c2cccc(Cl)c2)cc1. The van der Waals surface area contributed by atoms with Crippen molar-refractivity contribution in [2.75, 3.05) is 18.0 Å². The summed E-state index contributed by atoms with van der Waals surface area (Å²) >= 11 is 6.12. The molecule has 5 aromatic carbocycles. The third-order valence-electron chi connectivity index (χ3n) is 6.53. The first-order valence-corrected chi connectivity index (χ1v) is 15.1. The van der Waals surface area contributed by atoms with Gasteiger partial charge in [0, 0.05) is 5.02 Å². The van der Waals surface area contributed by atoms with Crippen LogP contribution >= 0.6 is 11.6 Å². The van der Waals surface area contributed by atoms with Crippen LogP contribution in [0.4, 0.5) is 5.69 Å². The van der Waals surface area contributed by atoms with Crippen LogP contribution in [0.15, 0.2) is 125 Å². The molecule has 0 saturated carbocycles. The van der Waals surface area contributed by atoms with Crippen LogP contribution in [-0.2, 0) is 21.4 Å². The minimum absolute atomic E-state index is 0.00694. The van der Waals surface area contributed by atoms with Gasteiger partial charge in [-0.25, -0.2) is 13.8 Å². The van der Waals surface area contributed by atoms with Crippen molar-refractivity contribution in [3.8, 4) is 11.5 Å². The number of hydrogen-bond acceptors (Lipinski definition) is 6. The molecule has 0 radical (unpaired) electrons. The molecule has 0 aliphatic heterocycles. The average molecular weight is 614 g/mol. The Labute approximate surface area is 255 Å². The van der Waals surface area contributed by atoms with Crippen molar-refractivity contribution in [1.82, 2.24) is 5.43 Å². The lowest BCUT2D eigenvalue weighted by atomic mass is 10.1. The monoisotopic (exact) mass is 613 g/mol. The zero-order valence-corrected chi connectivity index (χ0v) is 24.8. The molecule has 0 aliphatic carbocycles. The van der Waals surface area contributed by atoms with E-state index in [2.05, 4.69) is 34.8 Å². The maximum Gasteiger partial charge on any atom is 0.264 e. The number of halogens is 1. The van der Waals surface area contributed by atoms with Gasteiger partial charge in [0.15, 0.2) is 0 Å². The maximum absolute atomic E-state index is 13.5. The summed E-state index contributed by atoms with van der Waals surface area (Å²) in [5, 5.41) is 6.67. The highest BCUT2D eigenvalue weighted by Gasteiger charge is 2.27. The van der Waals surface area contributed by atoms with Crippen LogP contribution < -0.4 is 19.2 Å². The molecule has 0 spiro atoms. The number of hydrogen-bond donors (Lipinski definition) is 1. The number of nitrogens with one attached hydrogen (secondary N) is 1. The third kappa shape index (κ3) is 7.51. The fourth-order valence-corrected chi connectivity index (χ4v) is 5.91. The van der Waals surface area contributed by atoms with E-state index in [4.69, 9.17) is 21.1 Å². The summed E-state index contributed by atoms with van der Waals surface area (Å²) in [6.45, 7) is -0.0928. The van der Waals surface area contributed by atoms with E-state index >= 15 is 0 Å². The average Bonchev–Trinajstić information content (AvgIpc) is 3.03. The normalized spacial score (nSPS) is 11.4. The van der Waals surface area contributed by atoms with E-state index in [1.165, 1.54) is 49.0 Å². The molecule has 43 heavy (non-hydrogen) atoms. The van der Waals surface area contributed by atoms with Crippen LogP contribution in [0.3, 0.4) is 0 Å². The number of amides is 1. The molecular weight excluding hydrogens is 586 g/mol. The highest BCUT2D eigenvalue weighted by atomic mass is 35.5. The van der Waals surface area contributed by atoms with Gasteiger partial charge in [-0.1, -0.05) is 54.1 Å². The summed E-state index contributed by atoms with van der Waals surface area (Å²) < 4.78 is 39.1. The summed E-state index contributed by atoms with van der Waals surface area (Å²) in [5.41, 5.74) is 4.42. The van der Waals surface area contributed by atoms with E-state index in [-0.39, 0.29) is 10.6 Å². The van der Waals surface area contributed by atoms with E-state index in [1.807, 2.05) is 30.3 Å². The van der Waals surface area contributed by atoms with Crippen LogP contribution in [0, 0.1) is 0 Å². The molecule has 0 unspecified atom stereocenters. The molecule has 5 aromatic rings. The van der Waals surface area contributed by atoms with E-state index in [0.717, 1.165) is 20.8 Å². The van der Waals surface area contributed by atoms with Crippen molar-refractivity contribution < 1.29 is 22.7 Å². The number of hydrazone groups is 1. The number of carbonyl (C=O) groups is 1. The Hall–Kier alpha value is -4.86. The molecule has 0 aromatic heterocycles. The molecule has 5 rings (SSSR count). The quantitative estimate of drug-likeness (QED) is 0.137. The number of rotatable bonds is 11. The number of methoxy groups -OCH3 is 1. The lowest BCUT2D eigenvalue weighted by Gasteiger charge is -2.24. The highest BCUT2D eigenvalue weighted by Crippen LogP contribution is 2.27. The third-order valence-corrected chi connectivity index (χ3v) is 8.56. The first-order chi connectivity index (χ1) is 20.8. The van der Waals surface area contributed by atoms with Gasteiger partial charge in [-0.2, -0.15) is 5.10 Å². The van der Waals surface area contributed by atoms with Crippen molar-refractivity contribution in [2.24, 2.45) is 5.10 Å². The van der Waals surface area contributed by atoms with Crippen molar-refractivity contribution >= 4 is 50.2 Å². The number of sulfonamides is 1. The Balaban J connectivity index is 1.21. The molecule has 8 nitrogen and oxygen atoms in total. The van der Waals surface area contributed by atoms with E-state index < -0.39 is 22.5 Å². The van der Waals surface area contributed by atoms with E-state index in [0.29, 0.717) is 23.1 Å². The van der Waals surface area contributed by atoms with Gasteiger partial charge < -0.3 is 9.47 Å². The van der Waals surface area contributed by atoms with Crippen LogP contribution in [0.2, 0.25) is 5.02 Å². The lowest BCUT2D eigenvalue weighted by molar-refractivity contribution is -0.119. The van der Waals surface area contributed by atoms with E-state index in [1.54, 1.807) is 30.3 Å². The topological polar surface area (TPSA) is 97.3 Å². The fourth-order valence-electron chi connectivity index (χ4n) is 4.31. The van der Waals surface area contributed by atoms with E-state index in [9.17, 15) is 13.2 Å². The summed E-state index contributed by atoms with van der Waals surface area (Å²) in [7, 11) is -2.63. The standard InChI is InChI=1S/C33H28ClN3O5S/c1-41-30-15-17-32(18-16-30)43(39,40)37(29-8-4-7-28(34)20-29)22-33(38)36-35-21-24-10-13-31(14-11-24)42-23-25-9-12-26-5-2-3-6-27(26)19-25/h2-21H,22-23H2,1H3,(H,36,38)/b35-21-. The van der Waals surface area contributed by atoms with Gasteiger partial charge in [-0.3, -0.25) is 9.10 Å². The Morgan fingerprint density at radius 1 is 0.860 bits per heavy atom. The molecule has 0 saturated heterocycles. The van der Waals surface area contributed by atoms with Crippen LogP contribution in [0.25, 0.3) is 10.8 Å². The highest BCUT2D eigenvalue weighted by molar-refractivity contribution is 7.92. The minimum atomic E-state index is -4.12. The fraction of sp³-hybridized carbons (Fsp3) is 0.0909. The Bertz CT molecular complexity index is 1860. The zero-order chi connectivity index (χ0) is 30.2. The predicted octanol–water partition coefficient (Wildman–Crippen LogP) is 6.43. The van der Waals surface area contributed by atoms with Crippen molar-refractivity contribution in [1.29, 1.82) is 0 Å². The molecule has 0 aliphatic rings. The van der Waals surface area contributed by atoms with Crippen molar-refractivity contribution in [2.45, 2.75) is 11.5 Å². The number of anilines is 1. The molecule has 0 bridgehead atoms. The van der Waals surface area contributed by atoms with Crippen molar-refractivity contribution in [3.63, 3.8) is 0 Å². The number of fused-ring (bicyclic) bond motifs is 1. The summed E-state index contributed by atoms with van der Waals surface area (Å²) in [6.07, 6.45) is 1.46.